The Bertz CT molecular complexity index is 693. The van der Waals surface area contributed by atoms with Gasteiger partial charge in [-0.15, -0.1) is 0 Å². The number of anilines is 1. The van der Waals surface area contributed by atoms with Crippen molar-refractivity contribution < 1.29 is 8.78 Å². The van der Waals surface area contributed by atoms with Gasteiger partial charge in [0, 0.05) is 43.6 Å². The molecule has 1 aliphatic rings. The zero-order valence-electron chi connectivity index (χ0n) is 12.3. The van der Waals surface area contributed by atoms with Crippen LogP contribution in [0.3, 0.4) is 0 Å². The lowest BCUT2D eigenvalue weighted by atomic mass is 9.99. The maximum atomic E-state index is 13.4. The number of pyridine rings is 1. The number of benzene rings is 1. The normalized spacial score (nSPS) is 19.4. The van der Waals surface area contributed by atoms with Gasteiger partial charge in [-0.25, -0.2) is 8.78 Å². The number of nitrogens with zero attached hydrogens (tertiary/aromatic N) is 2. The number of hydrogen-bond acceptors (Lipinski definition) is 3. The third-order valence-electron chi connectivity index (χ3n) is 4.15. The fourth-order valence-corrected chi connectivity index (χ4v) is 3.21. The number of rotatable bonds is 2. The second kappa shape index (κ2) is 5.63. The summed E-state index contributed by atoms with van der Waals surface area (Å²) in [5, 5.41) is 1.40. The molecule has 1 unspecified atom stereocenters. The van der Waals surface area contributed by atoms with Gasteiger partial charge in [0.15, 0.2) is 0 Å². The summed E-state index contributed by atoms with van der Waals surface area (Å²) in [6, 6.07) is 5.28. The first kappa shape index (κ1) is 15.4. The van der Waals surface area contributed by atoms with Crippen molar-refractivity contribution in [2.75, 3.05) is 18.0 Å². The maximum Gasteiger partial charge on any atom is 0.251 e. The van der Waals surface area contributed by atoms with Gasteiger partial charge < -0.3 is 10.6 Å². The lowest BCUT2D eigenvalue weighted by Crippen LogP contribution is -2.40. The molecule has 2 aromatic rings. The molecule has 0 saturated carbocycles. The highest BCUT2D eigenvalue weighted by Crippen LogP contribution is 2.39. The Morgan fingerprint density at radius 3 is 2.68 bits per heavy atom. The maximum absolute atomic E-state index is 13.4. The minimum Gasteiger partial charge on any atom is -0.369 e. The highest BCUT2D eigenvalue weighted by Gasteiger charge is 2.35. The van der Waals surface area contributed by atoms with Crippen LogP contribution in [0.25, 0.3) is 10.9 Å². The standard InChI is InChI=1S/C16H18ClF2N3/c1-10(20)12-9-13(17)11-3-2-6-21-14(11)15(12)22-7-4-16(18,19)5-8-22/h2-3,6,9-10H,4-5,7-8,20H2,1H3. The molecule has 2 N–H and O–H groups in total. The van der Waals surface area contributed by atoms with Crippen LogP contribution in [-0.4, -0.2) is 24.0 Å². The summed E-state index contributed by atoms with van der Waals surface area (Å²) in [5.74, 6) is -2.58. The minimum absolute atomic E-state index is 0.150. The summed E-state index contributed by atoms with van der Waals surface area (Å²) in [4.78, 5) is 6.39. The molecule has 1 atom stereocenters. The summed E-state index contributed by atoms with van der Waals surface area (Å²) in [5.41, 5.74) is 8.49. The Morgan fingerprint density at radius 1 is 1.36 bits per heavy atom. The quantitative estimate of drug-likeness (QED) is 0.902. The van der Waals surface area contributed by atoms with E-state index in [1.54, 1.807) is 6.20 Å². The number of halogens is 3. The van der Waals surface area contributed by atoms with Crippen LogP contribution in [0.5, 0.6) is 0 Å². The molecule has 1 aliphatic heterocycles. The molecular formula is C16H18ClF2N3. The summed E-state index contributed by atoms with van der Waals surface area (Å²) in [6.07, 6.45) is 1.39. The van der Waals surface area contributed by atoms with Crippen LogP contribution in [-0.2, 0) is 0 Å². The fourth-order valence-electron chi connectivity index (χ4n) is 2.94. The molecule has 0 spiro atoms. The van der Waals surface area contributed by atoms with E-state index < -0.39 is 5.92 Å². The predicted molar refractivity (Wildman–Crippen MR) is 85.7 cm³/mol. The van der Waals surface area contributed by atoms with Crippen LogP contribution in [0.15, 0.2) is 24.4 Å². The van der Waals surface area contributed by atoms with Gasteiger partial charge in [0.05, 0.1) is 16.2 Å². The number of nitrogens with two attached hydrogens (primary N) is 1. The molecule has 1 fully saturated rings. The lowest BCUT2D eigenvalue weighted by Gasteiger charge is -2.35. The highest BCUT2D eigenvalue weighted by atomic mass is 35.5. The lowest BCUT2D eigenvalue weighted by molar-refractivity contribution is -0.0220. The molecule has 22 heavy (non-hydrogen) atoms. The van der Waals surface area contributed by atoms with Crippen molar-refractivity contribution >= 4 is 28.2 Å². The van der Waals surface area contributed by atoms with Gasteiger partial charge in [-0.2, -0.15) is 0 Å². The van der Waals surface area contributed by atoms with Crippen LogP contribution >= 0.6 is 11.6 Å². The average molecular weight is 326 g/mol. The first-order valence-electron chi connectivity index (χ1n) is 7.34. The van der Waals surface area contributed by atoms with Gasteiger partial charge in [0.2, 0.25) is 0 Å². The molecule has 0 radical (unpaired) electrons. The predicted octanol–water partition coefficient (Wildman–Crippen LogP) is 4.14. The van der Waals surface area contributed by atoms with E-state index in [1.807, 2.05) is 30.0 Å². The van der Waals surface area contributed by atoms with Crippen molar-refractivity contribution in [2.24, 2.45) is 5.73 Å². The van der Waals surface area contributed by atoms with Crippen molar-refractivity contribution in [3.63, 3.8) is 0 Å². The van der Waals surface area contributed by atoms with Crippen LogP contribution in [0.4, 0.5) is 14.5 Å². The number of aromatic nitrogens is 1. The highest BCUT2D eigenvalue weighted by molar-refractivity contribution is 6.36. The average Bonchev–Trinajstić information content (AvgIpc) is 2.48. The van der Waals surface area contributed by atoms with E-state index in [1.165, 1.54) is 0 Å². The third-order valence-corrected chi connectivity index (χ3v) is 4.46. The Balaban J connectivity index is 2.14. The van der Waals surface area contributed by atoms with Gasteiger partial charge in [-0.05, 0) is 30.7 Å². The Morgan fingerprint density at radius 2 is 2.05 bits per heavy atom. The smallest absolute Gasteiger partial charge is 0.251 e. The number of hydrogen-bond donors (Lipinski definition) is 1. The summed E-state index contributed by atoms with van der Waals surface area (Å²) < 4.78 is 26.9. The summed E-state index contributed by atoms with van der Waals surface area (Å²) >= 11 is 6.33. The van der Waals surface area contributed by atoms with E-state index in [4.69, 9.17) is 17.3 Å². The second-order valence-electron chi connectivity index (χ2n) is 5.83. The van der Waals surface area contributed by atoms with E-state index in [0.717, 1.165) is 22.2 Å². The van der Waals surface area contributed by atoms with Crippen molar-refractivity contribution in [3.05, 3.63) is 35.0 Å². The molecule has 1 aromatic heterocycles. The number of piperidine rings is 1. The van der Waals surface area contributed by atoms with Crippen LogP contribution in [0.2, 0.25) is 5.02 Å². The van der Waals surface area contributed by atoms with E-state index in [0.29, 0.717) is 18.1 Å². The van der Waals surface area contributed by atoms with Gasteiger partial charge in [-0.3, -0.25) is 4.98 Å². The number of fused-ring (bicyclic) bond motifs is 1. The van der Waals surface area contributed by atoms with Crippen molar-refractivity contribution in [1.82, 2.24) is 4.98 Å². The molecule has 0 amide bonds. The van der Waals surface area contributed by atoms with Crippen molar-refractivity contribution in [1.29, 1.82) is 0 Å². The first-order valence-corrected chi connectivity index (χ1v) is 7.72. The fraction of sp³-hybridized carbons (Fsp3) is 0.438. The first-order chi connectivity index (χ1) is 10.4. The Labute approximate surface area is 133 Å². The van der Waals surface area contributed by atoms with Crippen LogP contribution in [0.1, 0.15) is 31.4 Å². The van der Waals surface area contributed by atoms with E-state index in [2.05, 4.69) is 4.98 Å². The molecule has 3 rings (SSSR count). The zero-order valence-corrected chi connectivity index (χ0v) is 13.1. The third kappa shape index (κ3) is 2.75. The van der Waals surface area contributed by atoms with E-state index >= 15 is 0 Å². The summed E-state index contributed by atoms with van der Waals surface area (Å²) in [6.45, 7) is 2.45. The Kier molecular flexibility index (Phi) is 3.95. The van der Waals surface area contributed by atoms with E-state index in [-0.39, 0.29) is 18.9 Å². The second-order valence-corrected chi connectivity index (χ2v) is 6.23. The molecule has 3 nitrogen and oxygen atoms in total. The molecule has 2 heterocycles. The molecule has 1 saturated heterocycles. The minimum atomic E-state index is -2.58. The van der Waals surface area contributed by atoms with Gasteiger partial charge in [0.1, 0.15) is 0 Å². The van der Waals surface area contributed by atoms with Gasteiger partial charge in [-0.1, -0.05) is 11.6 Å². The number of alkyl halides is 2. The Hall–Kier alpha value is -1.46. The largest absolute Gasteiger partial charge is 0.369 e. The van der Waals surface area contributed by atoms with Crippen molar-refractivity contribution in [2.45, 2.75) is 31.7 Å². The molecule has 0 aliphatic carbocycles. The van der Waals surface area contributed by atoms with Gasteiger partial charge >= 0.3 is 0 Å². The topological polar surface area (TPSA) is 42.1 Å². The molecule has 0 bridgehead atoms. The molecule has 118 valence electrons. The van der Waals surface area contributed by atoms with E-state index in [9.17, 15) is 8.78 Å². The van der Waals surface area contributed by atoms with Gasteiger partial charge in [0.25, 0.3) is 5.92 Å². The zero-order chi connectivity index (χ0) is 15.9. The van der Waals surface area contributed by atoms with Crippen LogP contribution < -0.4 is 10.6 Å². The summed E-state index contributed by atoms with van der Waals surface area (Å²) in [7, 11) is 0. The SMILES string of the molecule is CC(N)c1cc(Cl)c2cccnc2c1N1CCC(F)(F)CC1. The molecule has 6 heteroatoms. The van der Waals surface area contributed by atoms with Crippen LogP contribution in [0, 0.1) is 0 Å². The van der Waals surface area contributed by atoms with Crippen molar-refractivity contribution in [3.8, 4) is 0 Å². The molecular weight excluding hydrogens is 308 g/mol. The monoisotopic (exact) mass is 325 g/mol. The molecule has 1 aromatic carbocycles.